The number of halogens is 1. The van der Waals surface area contributed by atoms with E-state index in [0.717, 1.165) is 0 Å². The van der Waals surface area contributed by atoms with Crippen LogP contribution >= 0.6 is 15.9 Å². The van der Waals surface area contributed by atoms with E-state index < -0.39 is 10.0 Å². The number of sulfonamides is 1. The van der Waals surface area contributed by atoms with Crippen molar-refractivity contribution in [2.75, 3.05) is 13.6 Å². The number of carbonyl (C=O) groups excluding carboxylic acids is 1. The van der Waals surface area contributed by atoms with Crippen LogP contribution in [0.1, 0.15) is 5.56 Å². The maximum Gasteiger partial charge on any atom is 0.241 e. The first-order chi connectivity index (χ1) is 7.86. The Bertz CT molecular complexity index is 528. The molecule has 0 aromatic heterocycles. The van der Waals surface area contributed by atoms with Gasteiger partial charge in [0, 0.05) is 11.5 Å². The van der Waals surface area contributed by atoms with Gasteiger partial charge in [-0.3, -0.25) is 4.79 Å². The van der Waals surface area contributed by atoms with Gasteiger partial charge in [0.2, 0.25) is 15.9 Å². The molecule has 0 aliphatic rings. The van der Waals surface area contributed by atoms with Crippen LogP contribution < -0.4 is 10.0 Å². The normalized spacial score (nSPS) is 11.2. The second-order valence-electron chi connectivity index (χ2n) is 3.41. The van der Waals surface area contributed by atoms with Crippen LogP contribution in [-0.2, 0) is 14.8 Å². The maximum atomic E-state index is 11.9. The highest BCUT2D eigenvalue weighted by Gasteiger charge is 2.17. The lowest BCUT2D eigenvalue weighted by atomic mass is 10.2. The van der Waals surface area contributed by atoms with Gasteiger partial charge >= 0.3 is 0 Å². The van der Waals surface area contributed by atoms with Crippen LogP contribution in [0, 0.1) is 6.92 Å². The summed E-state index contributed by atoms with van der Waals surface area (Å²) >= 11 is 3.21. The third kappa shape index (κ3) is 3.79. The predicted octanol–water partition coefficient (Wildman–Crippen LogP) is 0.782. The van der Waals surface area contributed by atoms with Gasteiger partial charge in [-0.1, -0.05) is 22.0 Å². The van der Waals surface area contributed by atoms with Gasteiger partial charge in [0.15, 0.2) is 0 Å². The number of nitrogens with one attached hydrogen (secondary N) is 2. The number of hydrogen-bond donors (Lipinski definition) is 2. The molecule has 0 atom stereocenters. The molecule has 0 spiro atoms. The zero-order chi connectivity index (χ0) is 13.1. The largest absolute Gasteiger partial charge is 0.358 e. The Hall–Kier alpha value is -0.920. The molecule has 0 unspecified atom stereocenters. The number of hydrogen-bond acceptors (Lipinski definition) is 3. The van der Waals surface area contributed by atoms with Crippen LogP contribution in [0.5, 0.6) is 0 Å². The summed E-state index contributed by atoms with van der Waals surface area (Å²) in [5, 5.41) is 2.34. The fraction of sp³-hybridized carbons (Fsp3) is 0.300. The smallest absolute Gasteiger partial charge is 0.241 e. The van der Waals surface area contributed by atoms with E-state index >= 15 is 0 Å². The Labute approximate surface area is 109 Å². The van der Waals surface area contributed by atoms with Gasteiger partial charge in [0.25, 0.3) is 0 Å². The molecule has 2 N–H and O–H groups in total. The molecule has 0 fully saturated rings. The first kappa shape index (κ1) is 14.1. The van der Waals surface area contributed by atoms with Crippen LogP contribution in [0.25, 0.3) is 0 Å². The Kier molecular flexibility index (Phi) is 4.67. The van der Waals surface area contributed by atoms with Gasteiger partial charge in [0.05, 0.1) is 11.4 Å². The summed E-state index contributed by atoms with van der Waals surface area (Å²) in [6.45, 7) is 1.42. The summed E-state index contributed by atoms with van der Waals surface area (Å²) in [6, 6.07) is 4.95. The highest BCUT2D eigenvalue weighted by molar-refractivity contribution is 9.10. The minimum atomic E-state index is -3.66. The summed E-state index contributed by atoms with van der Waals surface area (Å²) in [5.41, 5.74) is 0.623. The van der Waals surface area contributed by atoms with Crippen LogP contribution in [-0.4, -0.2) is 27.9 Å². The standard InChI is InChI=1S/C10H13BrN2O3S/c1-7-3-4-8(11)5-9(7)17(15,16)13-6-10(14)12-2/h3-5,13H,6H2,1-2H3,(H,12,14). The number of likely N-dealkylation sites (N-methyl/N-ethyl adjacent to an activating group) is 1. The summed E-state index contributed by atoms with van der Waals surface area (Å²) in [6.07, 6.45) is 0. The molecule has 5 nitrogen and oxygen atoms in total. The summed E-state index contributed by atoms with van der Waals surface area (Å²) in [5.74, 6) is -0.388. The monoisotopic (exact) mass is 320 g/mol. The third-order valence-electron chi connectivity index (χ3n) is 2.14. The molecule has 94 valence electrons. The molecule has 1 aromatic rings. The van der Waals surface area contributed by atoms with E-state index in [-0.39, 0.29) is 17.3 Å². The Morgan fingerprint density at radius 2 is 2.06 bits per heavy atom. The molecule has 1 aromatic carbocycles. The van der Waals surface area contributed by atoms with Crippen molar-refractivity contribution < 1.29 is 13.2 Å². The summed E-state index contributed by atoms with van der Waals surface area (Å²) in [4.78, 5) is 11.2. The second kappa shape index (κ2) is 5.61. The van der Waals surface area contributed by atoms with Crippen LogP contribution in [0.15, 0.2) is 27.6 Å². The van der Waals surface area contributed by atoms with E-state index in [0.29, 0.717) is 10.0 Å². The highest BCUT2D eigenvalue weighted by atomic mass is 79.9. The van der Waals surface area contributed by atoms with Gasteiger partial charge in [-0.05, 0) is 24.6 Å². The van der Waals surface area contributed by atoms with Crippen LogP contribution in [0.3, 0.4) is 0 Å². The molecule has 1 amide bonds. The number of benzene rings is 1. The molecule has 0 heterocycles. The first-order valence-corrected chi connectivity index (χ1v) is 7.11. The Morgan fingerprint density at radius 1 is 1.41 bits per heavy atom. The Balaban J connectivity index is 2.97. The molecule has 0 aliphatic carbocycles. The lowest BCUT2D eigenvalue weighted by Crippen LogP contribution is -2.35. The van der Waals surface area contributed by atoms with E-state index in [9.17, 15) is 13.2 Å². The maximum absolute atomic E-state index is 11.9. The van der Waals surface area contributed by atoms with E-state index in [4.69, 9.17) is 0 Å². The molecule has 0 saturated heterocycles. The lowest BCUT2D eigenvalue weighted by Gasteiger charge is -2.09. The predicted molar refractivity (Wildman–Crippen MR) is 68.1 cm³/mol. The quantitative estimate of drug-likeness (QED) is 0.861. The number of aryl methyl sites for hydroxylation is 1. The Morgan fingerprint density at radius 3 is 2.65 bits per heavy atom. The van der Waals surface area contributed by atoms with Crippen LogP contribution in [0.2, 0.25) is 0 Å². The van der Waals surface area contributed by atoms with Gasteiger partial charge in [0.1, 0.15) is 0 Å². The second-order valence-corrected chi connectivity index (χ2v) is 6.06. The average Bonchev–Trinajstić information content (AvgIpc) is 2.29. The highest BCUT2D eigenvalue weighted by Crippen LogP contribution is 2.20. The third-order valence-corrected chi connectivity index (χ3v) is 4.18. The molecule has 1 rings (SSSR count). The fourth-order valence-corrected chi connectivity index (χ4v) is 2.95. The van der Waals surface area contributed by atoms with E-state index in [1.54, 1.807) is 19.1 Å². The zero-order valence-electron chi connectivity index (χ0n) is 9.45. The van der Waals surface area contributed by atoms with Crippen molar-refractivity contribution in [2.24, 2.45) is 0 Å². The van der Waals surface area contributed by atoms with E-state index in [1.165, 1.54) is 13.1 Å². The molecule has 0 aliphatic heterocycles. The molecule has 0 saturated carbocycles. The molecule has 7 heteroatoms. The molecule has 0 bridgehead atoms. The molecule has 0 radical (unpaired) electrons. The van der Waals surface area contributed by atoms with Crippen molar-refractivity contribution in [2.45, 2.75) is 11.8 Å². The lowest BCUT2D eigenvalue weighted by molar-refractivity contribution is -0.119. The van der Waals surface area contributed by atoms with Gasteiger partial charge in [-0.2, -0.15) is 0 Å². The molecular formula is C10H13BrN2O3S. The fourth-order valence-electron chi connectivity index (χ4n) is 1.19. The SMILES string of the molecule is CNC(=O)CNS(=O)(=O)c1cc(Br)ccc1C. The average molecular weight is 321 g/mol. The molecule has 17 heavy (non-hydrogen) atoms. The van der Waals surface area contributed by atoms with Gasteiger partial charge in [-0.15, -0.1) is 0 Å². The minimum Gasteiger partial charge on any atom is -0.358 e. The first-order valence-electron chi connectivity index (χ1n) is 4.83. The summed E-state index contributed by atoms with van der Waals surface area (Å²) in [7, 11) is -2.21. The number of amides is 1. The van der Waals surface area contributed by atoms with Gasteiger partial charge in [-0.25, -0.2) is 13.1 Å². The van der Waals surface area contributed by atoms with Crippen molar-refractivity contribution >= 4 is 31.9 Å². The van der Waals surface area contributed by atoms with Crippen molar-refractivity contribution in [1.82, 2.24) is 10.0 Å². The van der Waals surface area contributed by atoms with Crippen molar-refractivity contribution in [3.63, 3.8) is 0 Å². The minimum absolute atomic E-state index is 0.163. The topological polar surface area (TPSA) is 75.3 Å². The number of rotatable bonds is 4. The van der Waals surface area contributed by atoms with Gasteiger partial charge < -0.3 is 5.32 Å². The zero-order valence-corrected chi connectivity index (χ0v) is 11.9. The van der Waals surface area contributed by atoms with E-state index in [2.05, 4.69) is 26.0 Å². The van der Waals surface area contributed by atoms with Crippen molar-refractivity contribution in [1.29, 1.82) is 0 Å². The van der Waals surface area contributed by atoms with Crippen molar-refractivity contribution in [3.05, 3.63) is 28.2 Å². The van der Waals surface area contributed by atoms with Crippen molar-refractivity contribution in [3.8, 4) is 0 Å². The van der Waals surface area contributed by atoms with Crippen LogP contribution in [0.4, 0.5) is 0 Å². The number of carbonyl (C=O) groups is 1. The van der Waals surface area contributed by atoms with E-state index in [1.807, 2.05) is 0 Å². The molecular weight excluding hydrogens is 308 g/mol. The summed E-state index contributed by atoms with van der Waals surface area (Å²) < 4.78 is 26.7.